The summed E-state index contributed by atoms with van der Waals surface area (Å²) in [6.07, 6.45) is 15.9. The standard InChI is InChI=1S/C22H25N7OS/c1-24-10-8-16(23)14-29-20(30)11-18-17(13-26-29)21-22(28(18)2)27-19(31-21)7-6-15-5-3-4-9-25-12-15/h3-4,8-10,12-13H,5-7,11,14,23H2,1-2H3. The van der Waals surface area contributed by atoms with Gasteiger partial charge in [-0.2, -0.15) is 5.10 Å². The van der Waals surface area contributed by atoms with Crippen molar-refractivity contribution in [3.05, 3.63) is 52.0 Å². The molecule has 0 aliphatic carbocycles. The summed E-state index contributed by atoms with van der Waals surface area (Å²) in [5.41, 5.74) is 10.6. The van der Waals surface area contributed by atoms with E-state index in [0.29, 0.717) is 5.70 Å². The minimum absolute atomic E-state index is 0.0952. The van der Waals surface area contributed by atoms with Crippen LogP contribution in [0.5, 0.6) is 0 Å². The van der Waals surface area contributed by atoms with Gasteiger partial charge in [0.1, 0.15) is 0 Å². The van der Waals surface area contributed by atoms with Crippen molar-refractivity contribution in [3.8, 4) is 0 Å². The molecule has 4 heterocycles. The molecule has 2 aromatic heterocycles. The molecule has 0 unspecified atom stereocenters. The summed E-state index contributed by atoms with van der Waals surface area (Å²) in [7, 11) is 3.63. The van der Waals surface area contributed by atoms with Gasteiger partial charge in [-0.25, -0.2) is 9.99 Å². The van der Waals surface area contributed by atoms with Gasteiger partial charge in [-0.1, -0.05) is 6.08 Å². The summed E-state index contributed by atoms with van der Waals surface area (Å²) < 4.78 is 3.08. The first-order chi connectivity index (χ1) is 15.1. The highest BCUT2D eigenvalue weighted by Gasteiger charge is 2.25. The van der Waals surface area contributed by atoms with E-state index in [1.54, 1.807) is 36.9 Å². The van der Waals surface area contributed by atoms with Crippen LogP contribution in [-0.2, 0) is 24.7 Å². The van der Waals surface area contributed by atoms with Crippen LogP contribution >= 0.6 is 11.3 Å². The monoisotopic (exact) mass is 435 g/mol. The number of hydrazone groups is 1. The number of carbonyl (C=O) groups is 1. The van der Waals surface area contributed by atoms with Crippen molar-refractivity contribution >= 4 is 46.2 Å². The molecule has 0 saturated carbocycles. The average Bonchev–Trinajstić information content (AvgIpc) is 3.05. The first kappa shape index (κ1) is 20.9. The maximum absolute atomic E-state index is 12.8. The van der Waals surface area contributed by atoms with Crippen LogP contribution in [0.25, 0.3) is 10.3 Å². The predicted octanol–water partition coefficient (Wildman–Crippen LogP) is 2.74. The van der Waals surface area contributed by atoms with Crippen LogP contribution in [0.1, 0.15) is 29.1 Å². The van der Waals surface area contributed by atoms with Gasteiger partial charge in [0.25, 0.3) is 0 Å². The van der Waals surface area contributed by atoms with Crippen molar-refractivity contribution in [2.45, 2.75) is 25.7 Å². The molecule has 1 amide bonds. The van der Waals surface area contributed by atoms with Gasteiger partial charge in [0.05, 0.1) is 28.9 Å². The molecule has 4 rings (SSSR count). The van der Waals surface area contributed by atoms with Crippen molar-refractivity contribution in [2.75, 3.05) is 13.6 Å². The lowest BCUT2D eigenvalue weighted by atomic mass is 10.1. The average molecular weight is 436 g/mol. The first-order valence-corrected chi connectivity index (χ1v) is 10.9. The van der Waals surface area contributed by atoms with E-state index in [0.717, 1.165) is 45.9 Å². The number of fused-ring (bicyclic) bond motifs is 3. The molecule has 0 bridgehead atoms. The quantitative estimate of drug-likeness (QED) is 0.706. The van der Waals surface area contributed by atoms with Gasteiger partial charge in [0.15, 0.2) is 5.65 Å². The van der Waals surface area contributed by atoms with E-state index >= 15 is 0 Å². The number of aliphatic imine (C=N–C) groups is 2. The number of nitrogens with two attached hydrogens (primary N) is 1. The Morgan fingerprint density at radius 3 is 3.10 bits per heavy atom. The lowest BCUT2D eigenvalue weighted by Crippen LogP contribution is -2.30. The number of hydrogen-bond donors (Lipinski definition) is 1. The molecule has 9 heteroatoms. The third-order valence-electron chi connectivity index (χ3n) is 5.24. The maximum Gasteiger partial charge on any atom is 0.248 e. The van der Waals surface area contributed by atoms with Gasteiger partial charge < -0.3 is 10.3 Å². The second kappa shape index (κ2) is 9.22. The SMILES string of the molecule is CN=CC=C(N)CN1N=Cc2c(n(C)c3nc(CCC4=CN=CC=CC4)sc23)CC1=O. The molecule has 2 aromatic rings. The Morgan fingerprint density at radius 2 is 2.26 bits per heavy atom. The fourth-order valence-corrected chi connectivity index (χ4v) is 4.69. The van der Waals surface area contributed by atoms with Crippen molar-refractivity contribution in [1.29, 1.82) is 0 Å². The van der Waals surface area contributed by atoms with Crippen LogP contribution in [0.2, 0.25) is 0 Å². The van der Waals surface area contributed by atoms with Crippen molar-refractivity contribution < 1.29 is 4.79 Å². The lowest BCUT2D eigenvalue weighted by Gasteiger charge is -2.15. The molecule has 0 radical (unpaired) electrons. The number of hydrogen-bond acceptors (Lipinski definition) is 7. The van der Waals surface area contributed by atoms with Crippen LogP contribution in [0.15, 0.2) is 50.8 Å². The van der Waals surface area contributed by atoms with E-state index in [4.69, 9.17) is 10.7 Å². The highest BCUT2D eigenvalue weighted by Crippen LogP contribution is 2.32. The number of allylic oxidation sites excluding steroid dienone is 4. The van der Waals surface area contributed by atoms with Crippen LogP contribution in [-0.4, -0.2) is 52.7 Å². The number of carbonyl (C=O) groups excluding carboxylic acids is 1. The van der Waals surface area contributed by atoms with Crippen LogP contribution in [0.4, 0.5) is 0 Å². The molecule has 2 N–H and O–H groups in total. The molecule has 0 aromatic carbocycles. The molecule has 0 saturated heterocycles. The molecular formula is C22H25N7OS. The molecule has 8 nitrogen and oxygen atoms in total. The van der Waals surface area contributed by atoms with Gasteiger partial charge in [-0.3, -0.25) is 14.8 Å². The lowest BCUT2D eigenvalue weighted by molar-refractivity contribution is -0.130. The Hall–Kier alpha value is -3.33. The number of amides is 1. The number of aromatic nitrogens is 2. The van der Waals surface area contributed by atoms with E-state index in [9.17, 15) is 4.79 Å². The molecule has 0 atom stereocenters. The zero-order valence-electron chi connectivity index (χ0n) is 17.7. The predicted molar refractivity (Wildman–Crippen MR) is 127 cm³/mol. The first-order valence-electron chi connectivity index (χ1n) is 10.1. The number of rotatable bonds is 6. The van der Waals surface area contributed by atoms with Crippen molar-refractivity contribution in [1.82, 2.24) is 14.6 Å². The van der Waals surface area contributed by atoms with Gasteiger partial charge in [0.2, 0.25) is 5.91 Å². The highest BCUT2D eigenvalue weighted by atomic mass is 32.1. The molecule has 160 valence electrons. The largest absolute Gasteiger partial charge is 0.400 e. The van der Waals surface area contributed by atoms with E-state index in [1.807, 2.05) is 30.1 Å². The summed E-state index contributed by atoms with van der Waals surface area (Å²) in [6, 6.07) is 0. The highest BCUT2D eigenvalue weighted by molar-refractivity contribution is 7.19. The Labute approximate surface area is 184 Å². The fourth-order valence-electron chi connectivity index (χ4n) is 3.57. The molecule has 31 heavy (non-hydrogen) atoms. The topological polar surface area (TPSA) is 101 Å². The Kier molecular flexibility index (Phi) is 6.22. The van der Waals surface area contributed by atoms with Crippen molar-refractivity contribution in [3.63, 3.8) is 0 Å². The Bertz CT molecular complexity index is 1180. The number of nitrogens with zero attached hydrogens (tertiary/aromatic N) is 6. The molecule has 2 aliphatic rings. The van der Waals surface area contributed by atoms with E-state index in [1.165, 1.54) is 10.6 Å². The summed E-state index contributed by atoms with van der Waals surface area (Å²) in [4.78, 5) is 25.7. The third-order valence-corrected chi connectivity index (χ3v) is 6.38. The second-order valence-electron chi connectivity index (χ2n) is 7.42. The summed E-state index contributed by atoms with van der Waals surface area (Å²) >= 11 is 1.67. The van der Waals surface area contributed by atoms with Crippen LogP contribution in [0, 0.1) is 0 Å². The van der Waals surface area contributed by atoms with E-state index in [-0.39, 0.29) is 18.9 Å². The normalized spacial score (nSPS) is 16.8. The third kappa shape index (κ3) is 4.56. The fraction of sp³-hybridized carbons (Fsp3) is 0.318. The van der Waals surface area contributed by atoms with E-state index in [2.05, 4.69) is 21.2 Å². The zero-order valence-corrected chi connectivity index (χ0v) is 18.5. The van der Waals surface area contributed by atoms with Crippen LogP contribution < -0.4 is 5.73 Å². The van der Waals surface area contributed by atoms with E-state index < -0.39 is 0 Å². The summed E-state index contributed by atoms with van der Waals surface area (Å²) in [5, 5.41) is 6.91. The van der Waals surface area contributed by atoms with Gasteiger partial charge in [0, 0.05) is 56.1 Å². The number of thiazole rings is 1. The number of aryl methyl sites for hydroxylation is 2. The molecule has 2 aliphatic heterocycles. The van der Waals surface area contributed by atoms with Crippen molar-refractivity contribution in [2.24, 2.45) is 27.9 Å². The molecule has 0 fully saturated rings. The van der Waals surface area contributed by atoms with Gasteiger partial charge in [-0.05, 0) is 30.6 Å². The second-order valence-corrected chi connectivity index (χ2v) is 8.50. The minimum Gasteiger partial charge on any atom is -0.400 e. The summed E-state index contributed by atoms with van der Waals surface area (Å²) in [6.45, 7) is 0.235. The molecular weight excluding hydrogens is 410 g/mol. The summed E-state index contributed by atoms with van der Waals surface area (Å²) in [5.74, 6) is -0.0952. The van der Waals surface area contributed by atoms with Gasteiger partial charge in [-0.15, -0.1) is 11.3 Å². The zero-order chi connectivity index (χ0) is 21.8. The minimum atomic E-state index is -0.0952. The maximum atomic E-state index is 12.8. The molecule has 0 spiro atoms. The Morgan fingerprint density at radius 1 is 1.39 bits per heavy atom. The smallest absolute Gasteiger partial charge is 0.248 e. The van der Waals surface area contributed by atoms with Crippen LogP contribution in [0.3, 0.4) is 0 Å². The van der Waals surface area contributed by atoms with Gasteiger partial charge >= 0.3 is 0 Å². The Balaban J connectivity index is 1.56.